The van der Waals surface area contributed by atoms with Crippen molar-refractivity contribution in [2.75, 3.05) is 5.88 Å². The van der Waals surface area contributed by atoms with Gasteiger partial charge in [-0.15, -0.1) is 11.6 Å². The molecule has 78 valence electrons. The van der Waals surface area contributed by atoms with E-state index in [4.69, 9.17) is 11.6 Å². The molecule has 13 heavy (non-hydrogen) atoms. The third-order valence-corrected chi connectivity index (χ3v) is 2.25. The Morgan fingerprint density at radius 2 is 1.62 bits per heavy atom. The molecule has 0 fully saturated rings. The van der Waals surface area contributed by atoms with Crippen molar-refractivity contribution in [3.05, 3.63) is 12.2 Å². The van der Waals surface area contributed by atoms with E-state index in [0.29, 0.717) is 10.8 Å². The van der Waals surface area contributed by atoms with Crippen LogP contribution in [0.2, 0.25) is 0 Å². The van der Waals surface area contributed by atoms with Gasteiger partial charge in [-0.3, -0.25) is 0 Å². The van der Waals surface area contributed by atoms with E-state index in [-0.39, 0.29) is 0 Å². The highest BCUT2D eigenvalue weighted by Gasteiger charge is 2.15. The summed E-state index contributed by atoms with van der Waals surface area (Å²) in [6, 6.07) is 0. The Labute approximate surface area is 88.4 Å². The van der Waals surface area contributed by atoms with Crippen molar-refractivity contribution in [2.45, 2.75) is 47.5 Å². The maximum atomic E-state index is 5.73. The van der Waals surface area contributed by atoms with Gasteiger partial charge in [0.15, 0.2) is 0 Å². The van der Waals surface area contributed by atoms with E-state index in [1.54, 1.807) is 0 Å². The zero-order valence-electron chi connectivity index (χ0n) is 9.65. The van der Waals surface area contributed by atoms with Crippen LogP contribution < -0.4 is 0 Å². The average molecular weight is 203 g/mol. The van der Waals surface area contributed by atoms with Crippen LogP contribution >= 0.6 is 11.6 Å². The van der Waals surface area contributed by atoms with Crippen molar-refractivity contribution in [3.8, 4) is 0 Å². The highest BCUT2D eigenvalue weighted by atomic mass is 35.5. The number of alkyl halides is 1. The van der Waals surface area contributed by atoms with Crippen LogP contribution in [0, 0.1) is 10.8 Å². The quantitative estimate of drug-likeness (QED) is 0.461. The topological polar surface area (TPSA) is 0 Å². The first-order valence-corrected chi connectivity index (χ1v) is 5.54. The molecule has 0 heterocycles. The number of allylic oxidation sites excluding steroid dienone is 2. The van der Waals surface area contributed by atoms with Crippen molar-refractivity contribution < 1.29 is 0 Å². The van der Waals surface area contributed by atoms with E-state index >= 15 is 0 Å². The number of hydrogen-bond acceptors (Lipinski definition) is 0. The summed E-state index contributed by atoms with van der Waals surface area (Å²) in [5.74, 6) is 0.760. The Morgan fingerprint density at radius 3 is 2.00 bits per heavy atom. The summed E-state index contributed by atoms with van der Waals surface area (Å²) in [7, 11) is 0. The van der Waals surface area contributed by atoms with E-state index in [2.05, 4.69) is 46.8 Å². The lowest BCUT2D eigenvalue weighted by molar-refractivity contribution is 0.357. The molecule has 0 unspecified atom stereocenters. The molecule has 0 aliphatic heterocycles. The molecule has 0 radical (unpaired) electrons. The van der Waals surface area contributed by atoms with E-state index in [0.717, 1.165) is 18.7 Å². The van der Waals surface area contributed by atoms with Gasteiger partial charge in [0.25, 0.3) is 0 Å². The molecule has 1 heteroatoms. The maximum Gasteiger partial charge on any atom is 0.0228 e. The number of rotatable bonds is 4. The van der Waals surface area contributed by atoms with Gasteiger partial charge in [0.1, 0.15) is 0 Å². The predicted molar refractivity (Wildman–Crippen MR) is 62.3 cm³/mol. The van der Waals surface area contributed by atoms with Crippen molar-refractivity contribution >= 4 is 11.6 Å². The highest BCUT2D eigenvalue weighted by Crippen LogP contribution is 2.27. The van der Waals surface area contributed by atoms with Crippen molar-refractivity contribution in [1.82, 2.24) is 0 Å². The molecule has 0 saturated heterocycles. The molecule has 0 atom stereocenters. The van der Waals surface area contributed by atoms with Gasteiger partial charge in [-0.2, -0.15) is 0 Å². The van der Waals surface area contributed by atoms with Crippen LogP contribution in [0.15, 0.2) is 12.2 Å². The third-order valence-electron chi connectivity index (χ3n) is 2.06. The SMILES string of the molecule is CC(C)(C)C=CCC(C)(C)CCCl. The molecule has 0 aliphatic rings. The lowest BCUT2D eigenvalue weighted by atomic mass is 9.85. The van der Waals surface area contributed by atoms with Crippen molar-refractivity contribution in [1.29, 1.82) is 0 Å². The minimum Gasteiger partial charge on any atom is -0.127 e. The summed E-state index contributed by atoms with van der Waals surface area (Å²) >= 11 is 5.73. The summed E-state index contributed by atoms with van der Waals surface area (Å²) in [5, 5.41) is 0. The second-order valence-electron chi connectivity index (χ2n) is 5.58. The molecular formula is C12H23Cl. The normalized spacial score (nSPS) is 14.0. The largest absolute Gasteiger partial charge is 0.127 e. The van der Waals surface area contributed by atoms with Crippen LogP contribution in [0.1, 0.15) is 47.5 Å². The van der Waals surface area contributed by atoms with Gasteiger partial charge < -0.3 is 0 Å². The fourth-order valence-corrected chi connectivity index (χ4v) is 1.60. The fourth-order valence-electron chi connectivity index (χ4n) is 1.09. The first-order valence-electron chi connectivity index (χ1n) is 5.00. The molecular weight excluding hydrogens is 180 g/mol. The minimum atomic E-state index is 0.303. The molecule has 0 N–H and O–H groups in total. The summed E-state index contributed by atoms with van der Waals surface area (Å²) in [5.41, 5.74) is 0.653. The zero-order chi connectivity index (χ0) is 10.5. The van der Waals surface area contributed by atoms with E-state index < -0.39 is 0 Å². The third kappa shape index (κ3) is 8.36. The monoisotopic (exact) mass is 202 g/mol. The molecule has 0 rings (SSSR count). The molecule has 0 bridgehead atoms. The van der Waals surface area contributed by atoms with Crippen molar-refractivity contribution in [3.63, 3.8) is 0 Å². The van der Waals surface area contributed by atoms with Gasteiger partial charge in [-0.25, -0.2) is 0 Å². The summed E-state index contributed by atoms with van der Waals surface area (Å²) in [6.07, 6.45) is 6.77. The lowest BCUT2D eigenvalue weighted by Crippen LogP contribution is -2.11. The number of halogens is 1. The lowest BCUT2D eigenvalue weighted by Gasteiger charge is -2.22. The molecule has 0 nitrogen and oxygen atoms in total. The molecule has 0 aromatic carbocycles. The van der Waals surface area contributed by atoms with Gasteiger partial charge in [-0.1, -0.05) is 46.8 Å². The summed E-state index contributed by atoms with van der Waals surface area (Å²) in [6.45, 7) is 11.2. The molecule has 0 aliphatic carbocycles. The van der Waals surface area contributed by atoms with Crippen LogP contribution in [0.25, 0.3) is 0 Å². The van der Waals surface area contributed by atoms with Gasteiger partial charge in [-0.05, 0) is 23.7 Å². The van der Waals surface area contributed by atoms with Crippen LogP contribution in [0.4, 0.5) is 0 Å². The first-order chi connectivity index (χ1) is 5.77. The number of hydrogen-bond donors (Lipinski definition) is 0. The second kappa shape index (κ2) is 5.05. The Morgan fingerprint density at radius 1 is 1.08 bits per heavy atom. The molecule has 0 amide bonds. The summed E-state index contributed by atoms with van der Waals surface area (Å²) in [4.78, 5) is 0. The smallest absolute Gasteiger partial charge is 0.0228 e. The van der Waals surface area contributed by atoms with Crippen LogP contribution in [0.3, 0.4) is 0 Å². The zero-order valence-corrected chi connectivity index (χ0v) is 10.4. The van der Waals surface area contributed by atoms with Gasteiger partial charge in [0.05, 0.1) is 0 Å². The van der Waals surface area contributed by atoms with Gasteiger partial charge in [0, 0.05) is 5.88 Å². The Bertz CT molecular complexity index is 160. The van der Waals surface area contributed by atoms with E-state index in [1.165, 1.54) is 0 Å². The Hall–Kier alpha value is 0.0300. The second-order valence-corrected chi connectivity index (χ2v) is 5.95. The molecule has 0 aromatic heterocycles. The Kier molecular flexibility index (Phi) is 5.06. The summed E-state index contributed by atoms with van der Waals surface area (Å²) < 4.78 is 0. The van der Waals surface area contributed by atoms with Crippen LogP contribution in [0.5, 0.6) is 0 Å². The van der Waals surface area contributed by atoms with Crippen LogP contribution in [-0.2, 0) is 0 Å². The predicted octanol–water partition coefficient (Wildman–Crippen LogP) is 4.63. The standard InChI is InChI=1S/C12H23Cl/c1-11(2,3)7-6-8-12(4,5)9-10-13/h6-7H,8-10H2,1-5H3. The molecule has 0 spiro atoms. The Balaban J connectivity index is 3.94. The fraction of sp³-hybridized carbons (Fsp3) is 0.833. The highest BCUT2D eigenvalue weighted by molar-refractivity contribution is 6.17. The molecule has 0 saturated carbocycles. The average Bonchev–Trinajstić information content (AvgIpc) is 1.82. The molecule has 0 aromatic rings. The van der Waals surface area contributed by atoms with Crippen molar-refractivity contribution in [2.24, 2.45) is 10.8 Å². The van der Waals surface area contributed by atoms with E-state index in [9.17, 15) is 0 Å². The van der Waals surface area contributed by atoms with Crippen LogP contribution in [-0.4, -0.2) is 5.88 Å². The maximum absolute atomic E-state index is 5.73. The van der Waals surface area contributed by atoms with E-state index in [1.807, 2.05) is 0 Å². The van der Waals surface area contributed by atoms with Gasteiger partial charge in [0.2, 0.25) is 0 Å². The van der Waals surface area contributed by atoms with Gasteiger partial charge >= 0.3 is 0 Å². The minimum absolute atomic E-state index is 0.303. The first kappa shape index (κ1) is 13.0.